The van der Waals surface area contributed by atoms with Crippen LogP contribution in [0.2, 0.25) is 0 Å². The topological polar surface area (TPSA) is 91.3 Å². The molecule has 0 saturated carbocycles. The maximum Gasteiger partial charge on any atom is 0.273 e. The average molecular weight is 311 g/mol. The molecule has 3 aromatic rings. The van der Waals surface area contributed by atoms with E-state index in [9.17, 15) is 10.1 Å². The predicted molar refractivity (Wildman–Crippen MR) is 83.1 cm³/mol. The number of benzene rings is 2. The lowest BCUT2D eigenvalue weighted by Gasteiger charge is -2.01. The van der Waals surface area contributed by atoms with Gasteiger partial charge in [0.1, 0.15) is 5.75 Å². The third-order valence-electron chi connectivity index (χ3n) is 3.51. The van der Waals surface area contributed by atoms with Gasteiger partial charge < -0.3 is 9.26 Å². The number of methoxy groups -OCH3 is 1. The molecule has 1 heterocycles. The standard InChI is InChI=1S/C16H13N3O4/c1-10-13(4-3-5-14(10)19(20)21)16-17-15(18-23-16)11-6-8-12(22-2)9-7-11/h3-9H,1-2H3. The summed E-state index contributed by atoms with van der Waals surface area (Å²) in [5.41, 5.74) is 1.82. The second kappa shape index (κ2) is 5.88. The molecule has 3 rings (SSSR count). The number of nitro groups is 1. The molecular weight excluding hydrogens is 298 g/mol. The highest BCUT2D eigenvalue weighted by atomic mass is 16.6. The predicted octanol–water partition coefficient (Wildman–Crippen LogP) is 3.63. The van der Waals surface area contributed by atoms with E-state index in [-0.39, 0.29) is 11.6 Å². The second-order valence-corrected chi connectivity index (χ2v) is 4.86. The Hall–Kier alpha value is -3.22. The summed E-state index contributed by atoms with van der Waals surface area (Å²) in [5.74, 6) is 1.39. The van der Waals surface area contributed by atoms with Crippen LogP contribution in [0.1, 0.15) is 5.56 Å². The highest BCUT2D eigenvalue weighted by molar-refractivity contribution is 5.66. The molecule has 0 spiro atoms. The number of hydrogen-bond donors (Lipinski definition) is 0. The number of hydrogen-bond acceptors (Lipinski definition) is 6. The van der Waals surface area contributed by atoms with Gasteiger partial charge in [-0.2, -0.15) is 4.98 Å². The van der Waals surface area contributed by atoms with Gasteiger partial charge in [-0.25, -0.2) is 0 Å². The zero-order chi connectivity index (χ0) is 16.4. The first-order valence-corrected chi connectivity index (χ1v) is 6.82. The lowest BCUT2D eigenvalue weighted by molar-refractivity contribution is -0.385. The van der Waals surface area contributed by atoms with Gasteiger partial charge in [0.25, 0.3) is 11.6 Å². The molecule has 7 heteroatoms. The van der Waals surface area contributed by atoms with Crippen LogP contribution in [0.15, 0.2) is 47.0 Å². The van der Waals surface area contributed by atoms with Crippen LogP contribution in [0, 0.1) is 17.0 Å². The fraction of sp³-hybridized carbons (Fsp3) is 0.125. The molecule has 0 unspecified atom stereocenters. The summed E-state index contributed by atoms with van der Waals surface area (Å²) in [6.07, 6.45) is 0. The molecule has 116 valence electrons. The van der Waals surface area contributed by atoms with E-state index in [0.717, 1.165) is 11.3 Å². The summed E-state index contributed by atoms with van der Waals surface area (Å²) in [7, 11) is 1.59. The van der Waals surface area contributed by atoms with E-state index >= 15 is 0 Å². The fourth-order valence-corrected chi connectivity index (χ4v) is 2.24. The SMILES string of the molecule is COc1ccc(-c2noc(-c3cccc([N+](=O)[O-])c3C)n2)cc1. The number of nitro benzene ring substituents is 1. The normalized spacial score (nSPS) is 10.5. The van der Waals surface area contributed by atoms with Crippen LogP contribution in [0.5, 0.6) is 5.75 Å². The molecule has 0 radical (unpaired) electrons. The molecule has 1 aromatic heterocycles. The van der Waals surface area contributed by atoms with Crippen molar-refractivity contribution in [3.63, 3.8) is 0 Å². The Morgan fingerprint density at radius 3 is 2.57 bits per heavy atom. The Morgan fingerprint density at radius 1 is 1.17 bits per heavy atom. The zero-order valence-corrected chi connectivity index (χ0v) is 12.5. The first kappa shape index (κ1) is 14.7. The Labute approximate surface area is 131 Å². The van der Waals surface area contributed by atoms with Gasteiger partial charge in [0.15, 0.2) is 0 Å². The van der Waals surface area contributed by atoms with Crippen molar-refractivity contribution in [3.8, 4) is 28.6 Å². The molecule has 0 saturated heterocycles. The maximum absolute atomic E-state index is 11.0. The number of rotatable bonds is 4. The molecule has 0 aliphatic carbocycles. The van der Waals surface area contributed by atoms with E-state index in [1.54, 1.807) is 38.3 Å². The average Bonchev–Trinajstić information content (AvgIpc) is 3.04. The van der Waals surface area contributed by atoms with Gasteiger partial charge in [-0.1, -0.05) is 11.2 Å². The van der Waals surface area contributed by atoms with Gasteiger partial charge in [-0.3, -0.25) is 10.1 Å². The van der Waals surface area contributed by atoms with E-state index in [1.807, 2.05) is 12.1 Å². The zero-order valence-electron chi connectivity index (χ0n) is 12.5. The minimum atomic E-state index is -0.431. The van der Waals surface area contributed by atoms with Crippen LogP contribution >= 0.6 is 0 Å². The first-order chi connectivity index (χ1) is 11.1. The lowest BCUT2D eigenvalue weighted by atomic mass is 10.1. The molecular formula is C16H13N3O4. The fourth-order valence-electron chi connectivity index (χ4n) is 2.24. The summed E-state index contributed by atoms with van der Waals surface area (Å²) >= 11 is 0. The maximum atomic E-state index is 11.0. The van der Waals surface area contributed by atoms with Crippen LogP contribution < -0.4 is 4.74 Å². The van der Waals surface area contributed by atoms with Gasteiger partial charge in [0, 0.05) is 22.8 Å². The van der Waals surface area contributed by atoms with Crippen molar-refractivity contribution >= 4 is 5.69 Å². The van der Waals surface area contributed by atoms with Crippen molar-refractivity contribution < 1.29 is 14.2 Å². The van der Waals surface area contributed by atoms with Gasteiger partial charge in [0.2, 0.25) is 5.82 Å². The van der Waals surface area contributed by atoms with Gasteiger partial charge in [0.05, 0.1) is 12.0 Å². The Morgan fingerprint density at radius 2 is 1.91 bits per heavy atom. The summed E-state index contributed by atoms with van der Waals surface area (Å²) in [4.78, 5) is 14.9. The van der Waals surface area contributed by atoms with Crippen molar-refractivity contribution in [2.45, 2.75) is 6.92 Å². The number of aromatic nitrogens is 2. The highest BCUT2D eigenvalue weighted by Crippen LogP contribution is 2.30. The molecule has 0 amide bonds. The second-order valence-electron chi connectivity index (χ2n) is 4.86. The quantitative estimate of drug-likeness (QED) is 0.539. The first-order valence-electron chi connectivity index (χ1n) is 6.82. The molecule has 0 aliphatic rings. The van der Waals surface area contributed by atoms with Crippen molar-refractivity contribution in [1.82, 2.24) is 10.1 Å². The summed E-state index contributed by atoms with van der Waals surface area (Å²) in [5, 5.41) is 15.0. The Kier molecular flexibility index (Phi) is 3.76. The third-order valence-corrected chi connectivity index (χ3v) is 3.51. The van der Waals surface area contributed by atoms with Crippen molar-refractivity contribution in [2.75, 3.05) is 7.11 Å². The third kappa shape index (κ3) is 2.76. The molecule has 23 heavy (non-hydrogen) atoms. The minimum Gasteiger partial charge on any atom is -0.497 e. The number of ether oxygens (including phenoxy) is 1. The van der Waals surface area contributed by atoms with Crippen LogP contribution in [0.3, 0.4) is 0 Å². The molecule has 0 bridgehead atoms. The van der Waals surface area contributed by atoms with Crippen molar-refractivity contribution in [3.05, 3.63) is 58.1 Å². The lowest BCUT2D eigenvalue weighted by Crippen LogP contribution is -1.93. The van der Waals surface area contributed by atoms with Gasteiger partial charge in [-0.15, -0.1) is 0 Å². The van der Waals surface area contributed by atoms with Gasteiger partial charge in [-0.05, 0) is 37.3 Å². The molecule has 2 aromatic carbocycles. The summed E-state index contributed by atoms with van der Waals surface area (Å²) in [6.45, 7) is 1.66. The Balaban J connectivity index is 1.99. The smallest absolute Gasteiger partial charge is 0.273 e. The van der Waals surface area contributed by atoms with Gasteiger partial charge >= 0.3 is 0 Å². The van der Waals surface area contributed by atoms with E-state index in [4.69, 9.17) is 9.26 Å². The molecule has 0 atom stereocenters. The van der Waals surface area contributed by atoms with Crippen LogP contribution in [-0.4, -0.2) is 22.2 Å². The van der Waals surface area contributed by atoms with Crippen LogP contribution in [-0.2, 0) is 0 Å². The molecule has 7 nitrogen and oxygen atoms in total. The van der Waals surface area contributed by atoms with Crippen molar-refractivity contribution in [1.29, 1.82) is 0 Å². The number of nitrogens with zero attached hydrogens (tertiary/aromatic N) is 3. The van der Waals surface area contributed by atoms with E-state index < -0.39 is 4.92 Å². The van der Waals surface area contributed by atoms with Crippen molar-refractivity contribution in [2.24, 2.45) is 0 Å². The minimum absolute atomic E-state index is 0.0201. The Bertz CT molecular complexity index is 856. The molecule has 0 N–H and O–H groups in total. The van der Waals surface area contributed by atoms with Crippen LogP contribution in [0.4, 0.5) is 5.69 Å². The van der Waals surface area contributed by atoms with E-state index in [1.165, 1.54) is 6.07 Å². The molecule has 0 fully saturated rings. The highest BCUT2D eigenvalue weighted by Gasteiger charge is 2.18. The monoisotopic (exact) mass is 311 g/mol. The molecule has 0 aliphatic heterocycles. The summed E-state index contributed by atoms with van der Waals surface area (Å²) < 4.78 is 10.4. The largest absolute Gasteiger partial charge is 0.497 e. The van der Waals surface area contributed by atoms with Crippen LogP contribution in [0.25, 0.3) is 22.8 Å². The van der Waals surface area contributed by atoms with E-state index in [0.29, 0.717) is 17.0 Å². The van der Waals surface area contributed by atoms with E-state index in [2.05, 4.69) is 10.1 Å². The summed E-state index contributed by atoms with van der Waals surface area (Å²) in [6, 6.07) is 12.0.